The molecule has 0 aliphatic rings. The average molecular weight is 292 g/mol. The fourth-order valence-corrected chi connectivity index (χ4v) is 2.38. The van der Waals surface area contributed by atoms with E-state index in [1.807, 2.05) is 12.1 Å². The number of hydrogen-bond donors (Lipinski definition) is 1. The lowest BCUT2D eigenvalue weighted by atomic mass is 9.97. The van der Waals surface area contributed by atoms with Gasteiger partial charge in [0.25, 0.3) is 0 Å². The molecule has 0 spiro atoms. The van der Waals surface area contributed by atoms with Gasteiger partial charge in [0.2, 0.25) is 0 Å². The van der Waals surface area contributed by atoms with E-state index in [1.54, 1.807) is 6.07 Å². The van der Waals surface area contributed by atoms with Crippen molar-refractivity contribution in [1.29, 1.82) is 0 Å². The molecule has 0 bridgehead atoms. The lowest BCUT2D eigenvalue weighted by Crippen LogP contribution is -2.23. The van der Waals surface area contributed by atoms with Gasteiger partial charge in [0, 0.05) is 0 Å². The van der Waals surface area contributed by atoms with E-state index in [0.29, 0.717) is 0 Å². The SMILES string of the molecule is CCCNC(c1cccc(C)c1)c1ccc(Cl)c(F)c1. The maximum Gasteiger partial charge on any atom is 0.142 e. The fraction of sp³-hybridized carbons (Fsp3) is 0.294. The molecular formula is C17H19ClFN. The molecule has 106 valence electrons. The van der Waals surface area contributed by atoms with Crippen molar-refractivity contribution < 1.29 is 4.39 Å². The van der Waals surface area contributed by atoms with Crippen LogP contribution in [0.15, 0.2) is 42.5 Å². The monoisotopic (exact) mass is 291 g/mol. The number of halogens is 2. The third-order valence-electron chi connectivity index (χ3n) is 3.25. The molecular weight excluding hydrogens is 273 g/mol. The van der Waals surface area contributed by atoms with E-state index in [4.69, 9.17) is 11.6 Å². The molecule has 0 aliphatic heterocycles. The minimum Gasteiger partial charge on any atom is -0.306 e. The molecule has 20 heavy (non-hydrogen) atoms. The van der Waals surface area contributed by atoms with Gasteiger partial charge in [-0.25, -0.2) is 4.39 Å². The molecule has 0 aliphatic carbocycles. The Morgan fingerprint density at radius 3 is 2.55 bits per heavy atom. The van der Waals surface area contributed by atoms with Crippen LogP contribution in [0.3, 0.4) is 0 Å². The summed E-state index contributed by atoms with van der Waals surface area (Å²) < 4.78 is 13.7. The van der Waals surface area contributed by atoms with Crippen molar-refractivity contribution in [3.63, 3.8) is 0 Å². The van der Waals surface area contributed by atoms with Crippen molar-refractivity contribution in [2.75, 3.05) is 6.54 Å². The zero-order valence-corrected chi connectivity index (χ0v) is 12.5. The minimum absolute atomic E-state index is 0.0124. The molecule has 2 rings (SSSR count). The van der Waals surface area contributed by atoms with Crippen molar-refractivity contribution in [2.24, 2.45) is 0 Å². The second-order valence-electron chi connectivity index (χ2n) is 4.97. The summed E-state index contributed by atoms with van der Waals surface area (Å²) in [6.07, 6.45) is 1.03. The van der Waals surface area contributed by atoms with Crippen LogP contribution < -0.4 is 5.32 Å². The maximum absolute atomic E-state index is 13.7. The predicted octanol–water partition coefficient (Wildman–Crippen LogP) is 4.88. The Morgan fingerprint density at radius 1 is 1.15 bits per heavy atom. The van der Waals surface area contributed by atoms with Gasteiger partial charge in [-0.1, -0.05) is 54.4 Å². The quantitative estimate of drug-likeness (QED) is 0.828. The number of hydrogen-bond acceptors (Lipinski definition) is 1. The molecule has 2 aromatic carbocycles. The maximum atomic E-state index is 13.7. The van der Waals surface area contributed by atoms with E-state index in [0.717, 1.165) is 24.1 Å². The van der Waals surface area contributed by atoms with Gasteiger partial charge >= 0.3 is 0 Å². The predicted molar refractivity (Wildman–Crippen MR) is 82.7 cm³/mol. The van der Waals surface area contributed by atoms with Gasteiger partial charge in [-0.15, -0.1) is 0 Å². The van der Waals surface area contributed by atoms with Crippen LogP contribution in [-0.4, -0.2) is 6.54 Å². The van der Waals surface area contributed by atoms with Gasteiger partial charge in [-0.3, -0.25) is 0 Å². The first-order chi connectivity index (χ1) is 9.61. The summed E-state index contributed by atoms with van der Waals surface area (Å²) >= 11 is 5.77. The number of benzene rings is 2. The molecule has 3 heteroatoms. The van der Waals surface area contributed by atoms with Crippen molar-refractivity contribution in [3.05, 3.63) is 70.0 Å². The summed E-state index contributed by atoms with van der Waals surface area (Å²) in [6.45, 7) is 5.05. The summed E-state index contributed by atoms with van der Waals surface area (Å²) in [5.74, 6) is -0.375. The van der Waals surface area contributed by atoms with Crippen molar-refractivity contribution in [2.45, 2.75) is 26.3 Å². The van der Waals surface area contributed by atoms with Gasteiger partial charge < -0.3 is 5.32 Å². The zero-order valence-electron chi connectivity index (χ0n) is 11.8. The highest BCUT2D eigenvalue weighted by molar-refractivity contribution is 6.30. The number of nitrogens with one attached hydrogen (secondary N) is 1. The molecule has 0 aromatic heterocycles. The Labute approximate surface area is 124 Å². The third-order valence-corrected chi connectivity index (χ3v) is 3.56. The Balaban J connectivity index is 2.38. The van der Waals surface area contributed by atoms with Crippen molar-refractivity contribution in [1.82, 2.24) is 5.32 Å². The van der Waals surface area contributed by atoms with Crippen LogP contribution in [0.2, 0.25) is 5.02 Å². The molecule has 2 aromatic rings. The van der Waals surface area contributed by atoms with Gasteiger partial charge in [-0.05, 0) is 43.1 Å². The van der Waals surface area contributed by atoms with Gasteiger partial charge in [0.05, 0.1) is 11.1 Å². The van der Waals surface area contributed by atoms with Crippen LogP contribution in [0.25, 0.3) is 0 Å². The lowest BCUT2D eigenvalue weighted by Gasteiger charge is -2.20. The summed E-state index contributed by atoms with van der Waals surface area (Å²) in [5.41, 5.74) is 3.23. The highest BCUT2D eigenvalue weighted by Crippen LogP contribution is 2.26. The van der Waals surface area contributed by atoms with Gasteiger partial charge in [0.1, 0.15) is 5.82 Å². The summed E-state index contributed by atoms with van der Waals surface area (Å²) in [4.78, 5) is 0. The first-order valence-electron chi connectivity index (χ1n) is 6.86. The first-order valence-corrected chi connectivity index (χ1v) is 7.24. The van der Waals surface area contributed by atoms with Crippen LogP contribution in [-0.2, 0) is 0 Å². The first kappa shape index (κ1) is 15.0. The molecule has 1 unspecified atom stereocenters. The van der Waals surface area contributed by atoms with Gasteiger partial charge in [0.15, 0.2) is 0 Å². The van der Waals surface area contributed by atoms with Crippen LogP contribution in [0, 0.1) is 12.7 Å². The smallest absolute Gasteiger partial charge is 0.142 e. The number of rotatable bonds is 5. The van der Waals surface area contributed by atoms with E-state index < -0.39 is 0 Å². The van der Waals surface area contributed by atoms with E-state index in [9.17, 15) is 4.39 Å². The molecule has 0 fully saturated rings. The van der Waals surface area contributed by atoms with Crippen LogP contribution in [0.4, 0.5) is 4.39 Å². The van der Waals surface area contributed by atoms with Crippen molar-refractivity contribution >= 4 is 11.6 Å². The Kier molecular flexibility index (Phi) is 5.16. The zero-order chi connectivity index (χ0) is 14.5. The van der Waals surface area contributed by atoms with Crippen LogP contribution >= 0.6 is 11.6 Å². The topological polar surface area (TPSA) is 12.0 Å². The summed E-state index contributed by atoms with van der Waals surface area (Å²) in [5, 5.41) is 3.63. The molecule has 0 saturated carbocycles. The van der Waals surface area contributed by atoms with E-state index in [1.165, 1.54) is 11.6 Å². The molecule has 1 N–H and O–H groups in total. The minimum atomic E-state index is -0.375. The van der Waals surface area contributed by atoms with Crippen LogP contribution in [0.5, 0.6) is 0 Å². The molecule has 1 nitrogen and oxygen atoms in total. The Hall–Kier alpha value is -1.38. The second kappa shape index (κ2) is 6.87. The highest BCUT2D eigenvalue weighted by Gasteiger charge is 2.15. The second-order valence-corrected chi connectivity index (χ2v) is 5.38. The standard InChI is InChI=1S/C17H19ClFN/c1-3-9-20-17(13-6-4-5-12(2)10-13)14-7-8-15(18)16(19)11-14/h4-8,10-11,17,20H,3,9H2,1-2H3. The Morgan fingerprint density at radius 2 is 1.90 bits per heavy atom. The lowest BCUT2D eigenvalue weighted by molar-refractivity contribution is 0.585. The fourth-order valence-electron chi connectivity index (χ4n) is 2.26. The molecule has 0 amide bonds. The molecule has 0 radical (unpaired) electrons. The summed E-state index contributed by atoms with van der Waals surface area (Å²) in [6, 6.07) is 13.3. The van der Waals surface area contributed by atoms with E-state index in [2.05, 4.69) is 37.4 Å². The molecule has 0 heterocycles. The normalized spacial score (nSPS) is 12.4. The van der Waals surface area contributed by atoms with Crippen LogP contribution in [0.1, 0.15) is 36.1 Å². The summed E-state index contributed by atoms with van der Waals surface area (Å²) in [7, 11) is 0. The van der Waals surface area contributed by atoms with Crippen molar-refractivity contribution in [3.8, 4) is 0 Å². The van der Waals surface area contributed by atoms with Gasteiger partial charge in [-0.2, -0.15) is 0 Å². The van der Waals surface area contributed by atoms with E-state index in [-0.39, 0.29) is 16.9 Å². The number of aryl methyl sites for hydroxylation is 1. The molecule has 1 atom stereocenters. The molecule has 0 saturated heterocycles. The third kappa shape index (κ3) is 3.59. The Bertz CT molecular complexity index is 583. The average Bonchev–Trinajstić information content (AvgIpc) is 2.43. The highest BCUT2D eigenvalue weighted by atomic mass is 35.5. The largest absolute Gasteiger partial charge is 0.306 e. The van der Waals surface area contributed by atoms with E-state index >= 15 is 0 Å².